The number of hydrogen-bond donors (Lipinski definition) is 2. The summed E-state index contributed by atoms with van der Waals surface area (Å²) in [7, 11) is 1.19. The van der Waals surface area contributed by atoms with Crippen molar-refractivity contribution in [1.82, 2.24) is 5.32 Å². The van der Waals surface area contributed by atoms with Crippen molar-refractivity contribution in [2.24, 2.45) is 0 Å². The highest BCUT2D eigenvalue weighted by Crippen LogP contribution is 2.48. The minimum atomic E-state index is -1.32. The predicted octanol–water partition coefficient (Wildman–Crippen LogP) is 0.368. The number of aliphatic hydroxyl groups is 1. The smallest absolute Gasteiger partial charge is 0.336 e. The Kier molecular flexibility index (Phi) is 3.85. The van der Waals surface area contributed by atoms with Crippen molar-refractivity contribution >= 4 is 11.9 Å². The van der Waals surface area contributed by atoms with E-state index < -0.39 is 17.5 Å². The number of carbonyl (C=O) groups is 2. The van der Waals surface area contributed by atoms with Gasteiger partial charge in [0.25, 0.3) is 0 Å². The summed E-state index contributed by atoms with van der Waals surface area (Å²) in [6.45, 7) is -0.125. The largest absolute Gasteiger partial charge is 0.467 e. The molecule has 2 rings (SSSR count). The molecule has 1 atom stereocenters. The Hall–Kier alpha value is -1.88. The van der Waals surface area contributed by atoms with Gasteiger partial charge in [0.15, 0.2) is 6.10 Å². The van der Waals surface area contributed by atoms with Crippen LogP contribution in [0, 0.1) is 0 Å². The van der Waals surface area contributed by atoms with Crippen LogP contribution in [0.15, 0.2) is 30.3 Å². The normalized spacial score (nSPS) is 17.4. The second-order valence-corrected chi connectivity index (χ2v) is 4.70. The lowest BCUT2D eigenvalue weighted by Gasteiger charge is -2.17. The van der Waals surface area contributed by atoms with Crippen molar-refractivity contribution in [3.8, 4) is 0 Å². The first-order valence-electron chi connectivity index (χ1n) is 6.20. The zero-order valence-corrected chi connectivity index (χ0v) is 10.8. The number of carbonyl (C=O) groups excluding carboxylic acids is 2. The van der Waals surface area contributed by atoms with Gasteiger partial charge in [0.1, 0.15) is 0 Å². The van der Waals surface area contributed by atoms with E-state index in [2.05, 4.69) is 10.1 Å². The maximum absolute atomic E-state index is 12.2. The molecule has 1 fully saturated rings. The van der Waals surface area contributed by atoms with Gasteiger partial charge in [-0.2, -0.15) is 0 Å². The molecular formula is C14H17NO4. The zero-order valence-electron chi connectivity index (χ0n) is 10.8. The molecular weight excluding hydrogens is 246 g/mol. The monoisotopic (exact) mass is 263 g/mol. The maximum Gasteiger partial charge on any atom is 0.336 e. The Morgan fingerprint density at radius 3 is 2.53 bits per heavy atom. The third-order valence-corrected chi connectivity index (χ3v) is 3.44. The van der Waals surface area contributed by atoms with Gasteiger partial charge in [-0.25, -0.2) is 4.79 Å². The first-order chi connectivity index (χ1) is 9.10. The van der Waals surface area contributed by atoms with Crippen LogP contribution in [0.3, 0.4) is 0 Å². The molecule has 0 aliphatic heterocycles. The van der Waals surface area contributed by atoms with Crippen LogP contribution < -0.4 is 5.32 Å². The van der Waals surface area contributed by atoms with E-state index in [1.54, 1.807) is 0 Å². The Labute approximate surface area is 111 Å². The first kappa shape index (κ1) is 13.5. The van der Waals surface area contributed by atoms with E-state index in [-0.39, 0.29) is 12.5 Å². The Balaban J connectivity index is 1.96. The van der Waals surface area contributed by atoms with E-state index in [1.165, 1.54) is 7.11 Å². The molecule has 1 unspecified atom stereocenters. The van der Waals surface area contributed by atoms with Crippen LogP contribution in [0.1, 0.15) is 18.4 Å². The molecule has 5 nitrogen and oxygen atoms in total. The van der Waals surface area contributed by atoms with Gasteiger partial charge >= 0.3 is 5.97 Å². The van der Waals surface area contributed by atoms with Crippen LogP contribution >= 0.6 is 0 Å². The van der Waals surface area contributed by atoms with Gasteiger partial charge in [0.05, 0.1) is 19.1 Å². The summed E-state index contributed by atoms with van der Waals surface area (Å²) < 4.78 is 4.39. The van der Waals surface area contributed by atoms with Crippen molar-refractivity contribution in [2.45, 2.75) is 24.4 Å². The Morgan fingerprint density at radius 2 is 2.00 bits per heavy atom. The number of amides is 1. The Morgan fingerprint density at radius 1 is 1.37 bits per heavy atom. The summed E-state index contributed by atoms with van der Waals surface area (Å²) in [6.07, 6.45) is 0.259. The average molecular weight is 263 g/mol. The number of ether oxygens (including phenoxy) is 1. The number of benzene rings is 1. The third kappa shape index (κ3) is 2.76. The van der Waals surface area contributed by atoms with E-state index in [0.29, 0.717) is 0 Å². The van der Waals surface area contributed by atoms with Crippen LogP contribution in [0.2, 0.25) is 0 Å². The minimum Gasteiger partial charge on any atom is -0.467 e. The number of hydrogen-bond acceptors (Lipinski definition) is 4. The summed E-state index contributed by atoms with van der Waals surface area (Å²) >= 11 is 0. The first-order valence-corrected chi connectivity index (χ1v) is 6.20. The van der Waals surface area contributed by atoms with Crippen LogP contribution in [0.25, 0.3) is 0 Å². The summed E-state index contributed by atoms with van der Waals surface area (Å²) in [4.78, 5) is 23.2. The number of methoxy groups -OCH3 is 1. The molecule has 0 spiro atoms. The highest BCUT2D eigenvalue weighted by Gasteiger charge is 2.51. The molecule has 1 aliphatic carbocycles. The minimum absolute atomic E-state index is 0.125. The van der Waals surface area contributed by atoms with Crippen molar-refractivity contribution in [3.63, 3.8) is 0 Å². The molecule has 0 aromatic heterocycles. The number of aliphatic hydroxyl groups excluding tert-OH is 1. The van der Waals surface area contributed by atoms with Crippen molar-refractivity contribution in [2.75, 3.05) is 13.7 Å². The third-order valence-electron chi connectivity index (χ3n) is 3.44. The standard InChI is InChI=1S/C14H17NO4/c1-19-12(17)11(16)9-15-13(18)14(7-8-14)10-5-3-2-4-6-10/h2-6,11,16H,7-9H2,1H3,(H,15,18). The van der Waals surface area contributed by atoms with Crippen LogP contribution in [0.5, 0.6) is 0 Å². The fourth-order valence-corrected chi connectivity index (χ4v) is 2.11. The molecule has 1 aromatic rings. The van der Waals surface area contributed by atoms with Crippen LogP contribution in [-0.4, -0.2) is 36.7 Å². The fourth-order valence-electron chi connectivity index (χ4n) is 2.11. The van der Waals surface area contributed by atoms with Gasteiger partial charge in [-0.1, -0.05) is 30.3 Å². The summed E-state index contributed by atoms with van der Waals surface area (Å²) in [5, 5.41) is 12.0. The number of rotatable bonds is 5. The molecule has 2 N–H and O–H groups in total. The van der Waals surface area contributed by atoms with E-state index in [4.69, 9.17) is 0 Å². The highest BCUT2D eigenvalue weighted by molar-refractivity contribution is 5.91. The lowest BCUT2D eigenvalue weighted by molar-refractivity contribution is -0.150. The number of esters is 1. The quantitative estimate of drug-likeness (QED) is 0.752. The highest BCUT2D eigenvalue weighted by atomic mass is 16.5. The lowest BCUT2D eigenvalue weighted by atomic mass is 9.95. The lowest BCUT2D eigenvalue weighted by Crippen LogP contribution is -2.42. The van der Waals surface area contributed by atoms with E-state index in [9.17, 15) is 14.7 Å². The van der Waals surface area contributed by atoms with Crippen molar-refractivity contribution < 1.29 is 19.4 Å². The van der Waals surface area contributed by atoms with Gasteiger partial charge in [-0.15, -0.1) is 0 Å². The molecule has 1 saturated carbocycles. The van der Waals surface area contributed by atoms with Gasteiger partial charge in [-0.05, 0) is 18.4 Å². The summed E-state index contributed by atoms with van der Waals surface area (Å²) in [5.74, 6) is -0.897. The SMILES string of the molecule is COC(=O)C(O)CNC(=O)C1(c2ccccc2)CC1. The molecule has 0 bridgehead atoms. The van der Waals surface area contributed by atoms with Crippen LogP contribution in [-0.2, 0) is 19.7 Å². The molecule has 19 heavy (non-hydrogen) atoms. The zero-order chi connectivity index (χ0) is 13.9. The second-order valence-electron chi connectivity index (χ2n) is 4.70. The molecule has 0 heterocycles. The van der Waals surface area contributed by atoms with Gasteiger partial charge in [0.2, 0.25) is 5.91 Å². The molecule has 0 radical (unpaired) electrons. The van der Waals surface area contributed by atoms with Crippen molar-refractivity contribution in [1.29, 1.82) is 0 Å². The van der Waals surface area contributed by atoms with E-state index in [0.717, 1.165) is 18.4 Å². The molecule has 102 valence electrons. The molecule has 1 amide bonds. The molecule has 5 heteroatoms. The second kappa shape index (κ2) is 5.40. The van der Waals surface area contributed by atoms with E-state index in [1.807, 2.05) is 30.3 Å². The molecule has 1 aromatic carbocycles. The topological polar surface area (TPSA) is 75.6 Å². The van der Waals surface area contributed by atoms with Crippen LogP contribution in [0.4, 0.5) is 0 Å². The summed E-state index contributed by atoms with van der Waals surface area (Å²) in [5.41, 5.74) is 0.483. The fraction of sp³-hybridized carbons (Fsp3) is 0.429. The Bertz CT molecular complexity index is 468. The maximum atomic E-state index is 12.2. The predicted molar refractivity (Wildman–Crippen MR) is 68.4 cm³/mol. The average Bonchev–Trinajstić information content (AvgIpc) is 3.26. The summed E-state index contributed by atoms with van der Waals surface area (Å²) in [6, 6.07) is 9.53. The molecule has 0 saturated heterocycles. The van der Waals surface area contributed by atoms with E-state index >= 15 is 0 Å². The van der Waals surface area contributed by atoms with Gasteiger partial charge in [0, 0.05) is 0 Å². The van der Waals surface area contributed by atoms with Crippen molar-refractivity contribution in [3.05, 3.63) is 35.9 Å². The van der Waals surface area contributed by atoms with Gasteiger partial charge in [-0.3, -0.25) is 4.79 Å². The molecule has 1 aliphatic rings. The number of nitrogens with one attached hydrogen (secondary N) is 1. The van der Waals surface area contributed by atoms with Gasteiger partial charge < -0.3 is 15.2 Å².